The van der Waals surface area contributed by atoms with Crippen LogP contribution in [0.1, 0.15) is 162 Å². The lowest BCUT2D eigenvalue weighted by Crippen LogP contribution is -2.29. The molecule has 10 nitrogen and oxygen atoms in total. The number of carbonyl (C=O) groups is 2. The topological polar surface area (TPSA) is 149 Å². The van der Waals surface area contributed by atoms with Gasteiger partial charge in [-0.1, -0.05) is 127 Å². The van der Waals surface area contributed by atoms with Crippen LogP contribution < -0.4 is 0 Å². The lowest BCUT2D eigenvalue weighted by Gasteiger charge is -2.20. The summed E-state index contributed by atoms with van der Waals surface area (Å²) in [4.78, 5) is 34.9. The molecule has 0 aliphatic rings. The molecule has 0 bridgehead atoms. The molecule has 0 aromatic carbocycles. The first-order valence-corrected chi connectivity index (χ1v) is 21.6. The lowest BCUT2D eigenvalue weighted by atomic mass is 10.1. The zero-order valence-corrected chi connectivity index (χ0v) is 33.4. The largest absolute Gasteiger partial charge is 0.472 e. The van der Waals surface area contributed by atoms with Crippen LogP contribution >= 0.6 is 7.82 Å². The second kappa shape index (κ2) is 37.3. The number of unbranched alkanes of at least 4 members (excludes halogenated alkanes) is 15. The Hall–Kier alpha value is -2.07. The summed E-state index contributed by atoms with van der Waals surface area (Å²) < 4.78 is 32.6. The summed E-state index contributed by atoms with van der Waals surface area (Å²) in [5.41, 5.74) is 0. The summed E-state index contributed by atoms with van der Waals surface area (Å²) in [6.07, 6.45) is 37.9. The van der Waals surface area contributed by atoms with Crippen molar-refractivity contribution in [2.75, 3.05) is 26.4 Å². The van der Waals surface area contributed by atoms with E-state index in [2.05, 4.69) is 67.0 Å². The van der Waals surface area contributed by atoms with E-state index in [1.54, 1.807) is 0 Å². The van der Waals surface area contributed by atoms with Crippen LogP contribution in [0.25, 0.3) is 0 Å². The first-order valence-electron chi connectivity index (χ1n) is 20.1. The molecule has 0 aromatic rings. The van der Waals surface area contributed by atoms with Crippen LogP contribution in [0.5, 0.6) is 0 Å². The van der Waals surface area contributed by atoms with Gasteiger partial charge in [0, 0.05) is 12.8 Å². The zero-order valence-electron chi connectivity index (χ0n) is 32.5. The number of esters is 2. The van der Waals surface area contributed by atoms with Crippen molar-refractivity contribution in [3.63, 3.8) is 0 Å². The van der Waals surface area contributed by atoms with Crippen molar-refractivity contribution in [3.05, 3.63) is 48.6 Å². The highest BCUT2D eigenvalue weighted by molar-refractivity contribution is 7.47. The van der Waals surface area contributed by atoms with Gasteiger partial charge < -0.3 is 24.6 Å². The third kappa shape index (κ3) is 36.3. The van der Waals surface area contributed by atoms with Gasteiger partial charge in [-0.3, -0.25) is 18.6 Å². The normalized spacial score (nSPS) is 14.5. The number of rotatable bonds is 37. The number of phosphoric acid groups is 1. The molecule has 0 heterocycles. The summed E-state index contributed by atoms with van der Waals surface area (Å²) in [6, 6.07) is 0. The summed E-state index contributed by atoms with van der Waals surface area (Å²) in [5.74, 6) is -0.983. The number of hydrogen-bond acceptors (Lipinski definition) is 9. The number of hydrogen-bond donors (Lipinski definition) is 3. The van der Waals surface area contributed by atoms with Gasteiger partial charge in [-0.15, -0.1) is 0 Å². The Bertz CT molecular complexity index is 1010. The van der Waals surface area contributed by atoms with Crippen LogP contribution in [0, 0.1) is 0 Å². The standard InChI is InChI=1S/C41H73O10P/c1-3-5-7-9-11-13-15-17-19-21-23-25-27-29-31-33-41(45)51-39(37-50-52(46,47)49-35-38(43)34-42)36-48-40(44)32-30-28-26-24-22-20-18-16-14-12-10-8-6-4-2/h10,12,16-19,23,25,38-39,42-43H,3-9,11,13-15,20-22,24,26-37H2,1-2H3,(H,46,47)/b12-10+,18-16+,19-17+,25-23+/t38-,39+/m0/s1. The lowest BCUT2D eigenvalue weighted by molar-refractivity contribution is -0.161. The molecule has 0 spiro atoms. The van der Waals surface area contributed by atoms with Crippen LogP contribution in [0.3, 0.4) is 0 Å². The fraction of sp³-hybridized carbons (Fsp3) is 0.756. The number of aliphatic hydroxyl groups is 2. The van der Waals surface area contributed by atoms with Crippen molar-refractivity contribution in [2.45, 2.75) is 174 Å². The summed E-state index contributed by atoms with van der Waals surface area (Å²) in [6.45, 7) is 2.26. The Morgan fingerprint density at radius 3 is 1.58 bits per heavy atom. The molecule has 0 amide bonds. The first-order chi connectivity index (χ1) is 25.2. The summed E-state index contributed by atoms with van der Waals surface area (Å²) >= 11 is 0. The molecule has 0 saturated heterocycles. The zero-order chi connectivity index (χ0) is 38.4. The van der Waals surface area contributed by atoms with Gasteiger partial charge in [0.2, 0.25) is 0 Å². The predicted molar refractivity (Wildman–Crippen MR) is 210 cm³/mol. The Labute approximate surface area is 315 Å². The van der Waals surface area contributed by atoms with Gasteiger partial charge >= 0.3 is 19.8 Å². The van der Waals surface area contributed by atoms with E-state index in [0.717, 1.165) is 70.6 Å². The van der Waals surface area contributed by atoms with Crippen LogP contribution in [-0.2, 0) is 32.7 Å². The van der Waals surface area contributed by atoms with Crippen molar-refractivity contribution in [3.8, 4) is 0 Å². The molecular weight excluding hydrogens is 683 g/mol. The summed E-state index contributed by atoms with van der Waals surface area (Å²) in [7, 11) is -4.63. The molecule has 3 N–H and O–H groups in total. The molecule has 1 unspecified atom stereocenters. The molecule has 52 heavy (non-hydrogen) atoms. The molecule has 302 valence electrons. The number of allylic oxidation sites excluding steroid dienone is 8. The van der Waals surface area contributed by atoms with Gasteiger partial charge in [0.15, 0.2) is 6.10 Å². The number of aliphatic hydroxyl groups excluding tert-OH is 2. The van der Waals surface area contributed by atoms with Crippen molar-refractivity contribution in [1.29, 1.82) is 0 Å². The van der Waals surface area contributed by atoms with Gasteiger partial charge in [0.1, 0.15) is 12.7 Å². The maximum absolute atomic E-state index is 12.6. The Morgan fingerprint density at radius 2 is 1.02 bits per heavy atom. The van der Waals surface area contributed by atoms with Crippen LogP contribution in [0.15, 0.2) is 48.6 Å². The van der Waals surface area contributed by atoms with Gasteiger partial charge in [0.25, 0.3) is 0 Å². The monoisotopic (exact) mass is 756 g/mol. The Kier molecular flexibility index (Phi) is 35.8. The molecule has 11 heteroatoms. The number of ether oxygens (including phenoxy) is 2. The maximum Gasteiger partial charge on any atom is 0.472 e. The fourth-order valence-electron chi connectivity index (χ4n) is 5.04. The second-order valence-corrected chi connectivity index (χ2v) is 14.8. The van der Waals surface area contributed by atoms with Gasteiger partial charge in [-0.2, -0.15) is 0 Å². The maximum atomic E-state index is 12.6. The highest BCUT2D eigenvalue weighted by Gasteiger charge is 2.27. The molecule has 0 aliphatic carbocycles. The van der Waals surface area contributed by atoms with E-state index in [9.17, 15) is 24.2 Å². The minimum absolute atomic E-state index is 0.137. The molecule has 0 saturated carbocycles. The quantitative estimate of drug-likeness (QED) is 0.0242. The smallest absolute Gasteiger partial charge is 0.462 e. The van der Waals surface area contributed by atoms with Gasteiger partial charge in [-0.05, 0) is 70.6 Å². The molecule has 0 aromatic heterocycles. The van der Waals surface area contributed by atoms with E-state index < -0.39 is 51.8 Å². The van der Waals surface area contributed by atoms with E-state index in [4.69, 9.17) is 19.1 Å². The third-order valence-corrected chi connectivity index (χ3v) is 9.16. The predicted octanol–water partition coefficient (Wildman–Crippen LogP) is 10.2. The average Bonchev–Trinajstić information content (AvgIpc) is 3.13. The Balaban J connectivity index is 4.43. The van der Waals surface area contributed by atoms with Crippen molar-refractivity contribution < 1.29 is 47.8 Å². The number of phosphoric ester groups is 1. The van der Waals surface area contributed by atoms with Gasteiger partial charge in [-0.25, -0.2) is 4.57 Å². The second-order valence-electron chi connectivity index (χ2n) is 13.3. The van der Waals surface area contributed by atoms with Gasteiger partial charge in [0.05, 0.1) is 19.8 Å². The van der Waals surface area contributed by atoms with E-state index in [1.165, 1.54) is 51.4 Å². The molecule has 0 aliphatic heterocycles. The molecule has 0 rings (SSSR count). The van der Waals surface area contributed by atoms with Crippen molar-refractivity contribution >= 4 is 19.8 Å². The average molecular weight is 757 g/mol. The molecule has 3 atom stereocenters. The minimum Gasteiger partial charge on any atom is -0.462 e. The SMILES string of the molecule is CCCC/C=C/C/C=C/CCCCCCCC(=O)OC[C@H](COP(=O)(O)OC[C@@H](O)CO)OC(=O)CCCC/C=C/C/C=C/CCCCCCCC. The highest BCUT2D eigenvalue weighted by atomic mass is 31.2. The molecular formula is C41H73O10P. The number of carbonyl (C=O) groups excluding carboxylic acids is 2. The van der Waals surface area contributed by atoms with Crippen molar-refractivity contribution in [2.24, 2.45) is 0 Å². The third-order valence-electron chi connectivity index (χ3n) is 8.21. The van der Waals surface area contributed by atoms with E-state index >= 15 is 0 Å². The Morgan fingerprint density at radius 1 is 0.577 bits per heavy atom. The minimum atomic E-state index is -4.63. The van der Waals surface area contributed by atoms with Crippen molar-refractivity contribution in [1.82, 2.24) is 0 Å². The van der Waals surface area contributed by atoms with Crippen LogP contribution in [-0.4, -0.2) is 65.7 Å². The molecule has 0 fully saturated rings. The fourth-order valence-corrected chi connectivity index (χ4v) is 5.83. The molecule has 0 radical (unpaired) electrons. The highest BCUT2D eigenvalue weighted by Crippen LogP contribution is 2.43. The van der Waals surface area contributed by atoms with E-state index in [0.29, 0.717) is 12.8 Å². The van der Waals surface area contributed by atoms with Crippen LogP contribution in [0.2, 0.25) is 0 Å². The summed E-state index contributed by atoms with van der Waals surface area (Å²) in [5, 5.41) is 18.3. The van der Waals surface area contributed by atoms with Crippen LogP contribution in [0.4, 0.5) is 0 Å². The first kappa shape index (κ1) is 49.9. The van der Waals surface area contributed by atoms with E-state index in [1.807, 2.05) is 0 Å². The van der Waals surface area contributed by atoms with E-state index in [-0.39, 0.29) is 19.4 Å².